The van der Waals surface area contributed by atoms with Gasteiger partial charge in [-0.25, -0.2) is 8.42 Å². The van der Waals surface area contributed by atoms with Crippen LogP contribution in [0.2, 0.25) is 5.02 Å². The van der Waals surface area contributed by atoms with E-state index in [0.717, 1.165) is 24.3 Å². The molecule has 0 spiro atoms. The molecule has 3 rings (SSSR count). The molecule has 3 aromatic rings. The molecule has 1 atom stereocenters. The van der Waals surface area contributed by atoms with Crippen molar-refractivity contribution >= 4 is 27.5 Å². The zero-order valence-corrected chi connectivity index (χ0v) is 18.9. The second kappa shape index (κ2) is 9.46. The zero-order chi connectivity index (χ0) is 25.1. The lowest BCUT2D eigenvalue weighted by Gasteiger charge is -2.41. The first-order valence-corrected chi connectivity index (χ1v) is 11.5. The molecule has 0 heterocycles. The summed E-state index contributed by atoms with van der Waals surface area (Å²) in [5.74, 6) is -1.92. The van der Waals surface area contributed by atoms with E-state index < -0.39 is 44.6 Å². The normalized spacial score (nSPS) is 13.8. The number of hydrogen-bond acceptors (Lipinski definition) is 4. The van der Waals surface area contributed by atoms with Crippen molar-refractivity contribution in [3.63, 3.8) is 0 Å². The van der Waals surface area contributed by atoms with Gasteiger partial charge in [0.05, 0.1) is 16.5 Å². The monoisotopic (exact) mass is 507 g/mol. The van der Waals surface area contributed by atoms with Crippen LogP contribution in [0.3, 0.4) is 0 Å². The van der Waals surface area contributed by atoms with Gasteiger partial charge in [0.2, 0.25) is 15.6 Å². The molecule has 1 unspecified atom stereocenters. The predicted molar refractivity (Wildman–Crippen MR) is 119 cm³/mol. The Morgan fingerprint density at radius 3 is 2.00 bits per heavy atom. The van der Waals surface area contributed by atoms with Crippen molar-refractivity contribution in [2.24, 2.45) is 5.73 Å². The minimum absolute atomic E-state index is 0.0439. The van der Waals surface area contributed by atoms with E-state index in [1.54, 1.807) is 0 Å². The van der Waals surface area contributed by atoms with Crippen LogP contribution in [0.1, 0.15) is 16.7 Å². The Morgan fingerprint density at radius 1 is 0.971 bits per heavy atom. The third-order valence-electron chi connectivity index (χ3n) is 5.14. The number of sulfonamides is 1. The molecule has 0 fully saturated rings. The lowest BCUT2D eigenvalue weighted by Crippen LogP contribution is -2.64. The third-order valence-corrected chi connectivity index (χ3v) is 7.25. The van der Waals surface area contributed by atoms with Crippen molar-refractivity contribution in [1.82, 2.24) is 4.31 Å². The van der Waals surface area contributed by atoms with E-state index in [-0.39, 0.29) is 20.5 Å². The van der Waals surface area contributed by atoms with Crippen molar-refractivity contribution < 1.29 is 26.4 Å². The van der Waals surface area contributed by atoms with E-state index in [9.17, 15) is 26.4 Å². The molecule has 6 nitrogen and oxygen atoms in total. The van der Waals surface area contributed by atoms with Crippen LogP contribution in [0.5, 0.6) is 0 Å². The number of nitrogens with two attached hydrogens (primary N) is 1. The Labute approximate surface area is 199 Å². The second-order valence-corrected chi connectivity index (χ2v) is 9.51. The first-order chi connectivity index (χ1) is 15.9. The van der Waals surface area contributed by atoms with Gasteiger partial charge in [-0.1, -0.05) is 54.1 Å². The van der Waals surface area contributed by atoms with Gasteiger partial charge in [0.15, 0.2) is 0 Å². The van der Waals surface area contributed by atoms with Gasteiger partial charge in [-0.3, -0.25) is 4.79 Å². The molecule has 0 radical (unpaired) electrons. The number of hydrogen-bond donors (Lipinski definition) is 1. The Morgan fingerprint density at radius 2 is 1.53 bits per heavy atom. The maximum Gasteiger partial charge on any atom is 0.421 e. The molecule has 0 aliphatic carbocycles. The highest BCUT2D eigenvalue weighted by atomic mass is 35.5. The van der Waals surface area contributed by atoms with E-state index >= 15 is 0 Å². The molecule has 11 heteroatoms. The summed E-state index contributed by atoms with van der Waals surface area (Å²) in [7, 11) is -4.98. The smallest absolute Gasteiger partial charge is 0.367 e. The van der Waals surface area contributed by atoms with Crippen LogP contribution in [0.25, 0.3) is 0 Å². The summed E-state index contributed by atoms with van der Waals surface area (Å²) in [6, 6.07) is 17.5. The summed E-state index contributed by atoms with van der Waals surface area (Å²) < 4.78 is 71.8. The lowest BCUT2D eigenvalue weighted by molar-refractivity contribution is -0.220. The van der Waals surface area contributed by atoms with Crippen LogP contribution < -0.4 is 5.73 Å². The molecule has 3 aromatic carbocycles. The molecule has 0 aliphatic heterocycles. The van der Waals surface area contributed by atoms with Crippen LogP contribution in [0.4, 0.5) is 13.2 Å². The maximum absolute atomic E-state index is 14.8. The number of nitriles is 1. The Hall–Kier alpha value is -3.39. The van der Waals surface area contributed by atoms with E-state index in [0.29, 0.717) is 0 Å². The molecule has 0 aromatic heterocycles. The molecule has 0 bridgehead atoms. The first-order valence-electron chi connectivity index (χ1n) is 9.64. The van der Waals surface area contributed by atoms with E-state index in [1.807, 2.05) is 6.07 Å². The molecule has 0 aliphatic rings. The molecular weight excluding hydrogens is 491 g/mol. The number of rotatable bonds is 7. The average Bonchev–Trinajstić information content (AvgIpc) is 2.79. The van der Waals surface area contributed by atoms with Gasteiger partial charge in [-0.05, 0) is 47.5 Å². The van der Waals surface area contributed by atoms with Crippen molar-refractivity contribution in [3.05, 3.63) is 101 Å². The molecule has 34 heavy (non-hydrogen) atoms. The van der Waals surface area contributed by atoms with Crippen molar-refractivity contribution in [1.29, 1.82) is 5.26 Å². The average molecular weight is 508 g/mol. The molecule has 0 saturated heterocycles. The van der Waals surface area contributed by atoms with Crippen molar-refractivity contribution in [3.8, 4) is 6.07 Å². The molecule has 1 amide bonds. The number of nitrogens with zero attached hydrogens (tertiary/aromatic N) is 2. The number of primary amides is 1. The Bertz CT molecular complexity index is 1320. The summed E-state index contributed by atoms with van der Waals surface area (Å²) in [6.45, 7) is -0.867. The van der Waals surface area contributed by atoms with E-state index in [4.69, 9.17) is 22.6 Å². The van der Waals surface area contributed by atoms with Gasteiger partial charge in [0, 0.05) is 11.6 Å². The Balaban J connectivity index is 2.36. The largest absolute Gasteiger partial charge is 0.421 e. The quantitative estimate of drug-likeness (QED) is 0.513. The fourth-order valence-electron chi connectivity index (χ4n) is 3.50. The molecule has 176 valence electrons. The summed E-state index contributed by atoms with van der Waals surface area (Å²) in [4.78, 5) is 12.1. The number of alkyl halides is 3. The van der Waals surface area contributed by atoms with Gasteiger partial charge >= 0.3 is 6.18 Å². The fourth-order valence-corrected chi connectivity index (χ4v) is 5.34. The van der Waals surface area contributed by atoms with Crippen molar-refractivity contribution in [2.45, 2.75) is 23.2 Å². The van der Waals surface area contributed by atoms with Crippen LogP contribution in [-0.2, 0) is 26.9 Å². The van der Waals surface area contributed by atoms with Gasteiger partial charge in [-0.2, -0.15) is 22.7 Å². The fraction of sp³-hybridized carbons (Fsp3) is 0.130. The standard InChI is InChI=1S/C23H17ClF3N3O3S/c24-19-10-12-20(13-11-19)34(32,33)30(15-17-8-6-16(14-28)7-9-17)22(21(29)31,23(25,26)27)18-4-2-1-3-5-18/h1-13H,15H2,(H2,29,31). The highest BCUT2D eigenvalue weighted by molar-refractivity contribution is 7.89. The maximum atomic E-state index is 14.8. The minimum Gasteiger partial charge on any atom is -0.367 e. The number of benzene rings is 3. The van der Waals surface area contributed by atoms with Gasteiger partial charge in [0.25, 0.3) is 5.91 Å². The van der Waals surface area contributed by atoms with E-state index in [1.165, 1.54) is 54.6 Å². The van der Waals surface area contributed by atoms with Crippen LogP contribution >= 0.6 is 11.6 Å². The molecule has 0 saturated carbocycles. The van der Waals surface area contributed by atoms with Crippen LogP contribution in [-0.4, -0.2) is 24.8 Å². The highest BCUT2D eigenvalue weighted by Crippen LogP contribution is 2.47. The molecule has 2 N–H and O–H groups in total. The highest BCUT2D eigenvalue weighted by Gasteiger charge is 2.67. The van der Waals surface area contributed by atoms with Crippen LogP contribution in [0, 0.1) is 11.3 Å². The third kappa shape index (κ3) is 4.50. The minimum atomic E-state index is -5.44. The number of carbonyl (C=O) groups is 1. The van der Waals surface area contributed by atoms with Gasteiger partial charge < -0.3 is 5.73 Å². The van der Waals surface area contributed by atoms with E-state index in [2.05, 4.69) is 0 Å². The number of amides is 1. The summed E-state index contributed by atoms with van der Waals surface area (Å²) in [5.41, 5.74) is 1.28. The summed E-state index contributed by atoms with van der Waals surface area (Å²) in [6.07, 6.45) is -5.44. The van der Waals surface area contributed by atoms with Crippen molar-refractivity contribution in [2.75, 3.05) is 0 Å². The first kappa shape index (κ1) is 25.2. The molecular formula is C23H17ClF3N3O3S. The topological polar surface area (TPSA) is 104 Å². The van der Waals surface area contributed by atoms with Gasteiger partial charge in [0.1, 0.15) is 0 Å². The van der Waals surface area contributed by atoms with Gasteiger partial charge in [-0.15, -0.1) is 0 Å². The number of halogens is 4. The predicted octanol–water partition coefficient (Wildman–Crippen LogP) is 4.35. The zero-order valence-electron chi connectivity index (χ0n) is 17.3. The lowest BCUT2D eigenvalue weighted by atomic mass is 9.87. The Kier molecular flexibility index (Phi) is 7.02. The summed E-state index contributed by atoms with van der Waals surface area (Å²) in [5, 5.41) is 9.16. The second-order valence-electron chi connectivity index (χ2n) is 7.21. The number of carbonyl (C=O) groups excluding carboxylic acids is 1. The SMILES string of the molecule is N#Cc1ccc(CN(C(C(N)=O)(c2ccccc2)C(F)(F)F)S(=O)(=O)c2ccc(Cl)cc2)cc1. The van der Waals surface area contributed by atoms with Crippen LogP contribution in [0.15, 0.2) is 83.8 Å². The summed E-state index contributed by atoms with van der Waals surface area (Å²) >= 11 is 5.82.